The molecule has 0 amide bonds. The van der Waals surface area contributed by atoms with Crippen LogP contribution < -0.4 is 4.90 Å². The summed E-state index contributed by atoms with van der Waals surface area (Å²) in [5.41, 5.74) is 13.5. The minimum Gasteiger partial charge on any atom is -0.455 e. The zero-order valence-corrected chi connectivity index (χ0v) is 34.2. The molecule has 0 fully saturated rings. The Labute approximate surface area is 363 Å². The number of hydrogen-bond acceptors (Lipinski definition) is 2. The fourth-order valence-electron chi connectivity index (χ4n) is 10.0. The van der Waals surface area contributed by atoms with E-state index >= 15 is 0 Å². The van der Waals surface area contributed by atoms with Crippen molar-refractivity contribution in [2.45, 2.75) is 0 Å². The van der Waals surface area contributed by atoms with Crippen LogP contribution in [0.4, 0.5) is 17.1 Å². The summed E-state index contributed by atoms with van der Waals surface area (Å²) >= 11 is 0. The van der Waals surface area contributed by atoms with E-state index < -0.39 is 0 Å². The smallest absolute Gasteiger partial charge is 0.143 e. The molecule has 0 spiro atoms. The monoisotopic (exact) mass is 802 g/mol. The van der Waals surface area contributed by atoms with Crippen molar-refractivity contribution in [2.24, 2.45) is 0 Å². The Kier molecular flexibility index (Phi) is 7.91. The fraction of sp³-hybridized carbons (Fsp3) is 0. The van der Waals surface area contributed by atoms with E-state index in [4.69, 9.17) is 4.42 Å². The number of aromatic nitrogens is 1. The Morgan fingerprint density at radius 1 is 0.317 bits per heavy atom. The molecule has 13 rings (SSSR count). The number of para-hydroxylation sites is 3. The summed E-state index contributed by atoms with van der Waals surface area (Å²) in [6.07, 6.45) is 0. The Bertz CT molecular complexity index is 3860. The van der Waals surface area contributed by atoms with Gasteiger partial charge in [-0.2, -0.15) is 0 Å². The van der Waals surface area contributed by atoms with Gasteiger partial charge in [0.05, 0.1) is 11.0 Å². The van der Waals surface area contributed by atoms with Crippen LogP contribution in [0.15, 0.2) is 235 Å². The van der Waals surface area contributed by atoms with Crippen molar-refractivity contribution in [3.8, 4) is 27.9 Å². The number of fused-ring (bicyclic) bond motifs is 11. The molecule has 0 aliphatic carbocycles. The van der Waals surface area contributed by atoms with Gasteiger partial charge >= 0.3 is 0 Å². The maximum Gasteiger partial charge on any atom is 0.143 e. The zero-order chi connectivity index (χ0) is 41.4. The molecule has 294 valence electrons. The lowest BCUT2D eigenvalue weighted by atomic mass is 9.94. The van der Waals surface area contributed by atoms with Crippen molar-refractivity contribution in [1.29, 1.82) is 0 Å². The van der Waals surface area contributed by atoms with Crippen LogP contribution in [0.3, 0.4) is 0 Å². The average molecular weight is 803 g/mol. The fourth-order valence-corrected chi connectivity index (χ4v) is 10.0. The summed E-state index contributed by atoms with van der Waals surface area (Å²) < 4.78 is 8.86. The summed E-state index contributed by atoms with van der Waals surface area (Å²) in [4.78, 5) is 2.38. The van der Waals surface area contributed by atoms with Crippen LogP contribution >= 0.6 is 0 Å². The zero-order valence-electron chi connectivity index (χ0n) is 34.2. The third-order valence-corrected chi connectivity index (χ3v) is 12.9. The standard InChI is InChI=1S/C60H38N2O/c1-2-12-39(13-3-1)48-14-4-5-15-49(48)40-24-27-44(28-25-40)61(46-31-35-52-43(38-46)26-32-56-55-18-8-11-21-59(55)63-60(52)56)45-29-33-50-41(36-45)22-23-42-37-47(30-34-51(42)50)62-57-19-9-6-16-53(57)54-17-7-10-20-58(54)62/h1-38H. The Morgan fingerprint density at radius 2 is 0.810 bits per heavy atom. The van der Waals surface area contributed by atoms with Gasteiger partial charge in [0.2, 0.25) is 0 Å². The van der Waals surface area contributed by atoms with Gasteiger partial charge in [-0.25, -0.2) is 0 Å². The molecule has 0 unspecified atom stereocenters. The van der Waals surface area contributed by atoms with Crippen LogP contribution in [0.5, 0.6) is 0 Å². The molecule has 3 heteroatoms. The highest BCUT2D eigenvalue weighted by Gasteiger charge is 2.18. The van der Waals surface area contributed by atoms with E-state index in [1.54, 1.807) is 0 Å². The lowest BCUT2D eigenvalue weighted by molar-refractivity contribution is 0.672. The quantitative estimate of drug-likeness (QED) is 0.156. The van der Waals surface area contributed by atoms with Crippen LogP contribution in [-0.2, 0) is 0 Å². The van der Waals surface area contributed by atoms with Crippen LogP contribution in [0.1, 0.15) is 0 Å². The van der Waals surface area contributed by atoms with Gasteiger partial charge in [-0.1, -0.05) is 152 Å². The first-order valence-electron chi connectivity index (χ1n) is 21.6. The van der Waals surface area contributed by atoms with E-state index in [1.165, 1.54) is 65.6 Å². The number of benzene rings is 11. The van der Waals surface area contributed by atoms with Crippen LogP contribution in [-0.4, -0.2) is 4.57 Å². The van der Waals surface area contributed by atoms with Gasteiger partial charge in [-0.15, -0.1) is 0 Å². The van der Waals surface area contributed by atoms with Crippen LogP contribution in [0.2, 0.25) is 0 Å². The van der Waals surface area contributed by atoms with Gasteiger partial charge < -0.3 is 13.9 Å². The summed E-state index contributed by atoms with van der Waals surface area (Å²) in [5.74, 6) is 0. The molecule has 2 aromatic heterocycles. The maximum absolute atomic E-state index is 6.47. The van der Waals surface area contributed by atoms with Crippen LogP contribution in [0, 0.1) is 0 Å². The highest BCUT2D eigenvalue weighted by atomic mass is 16.3. The first kappa shape index (κ1) is 35.4. The Hall–Kier alpha value is -8.40. The molecule has 0 radical (unpaired) electrons. The minimum absolute atomic E-state index is 0.909. The second-order valence-corrected chi connectivity index (χ2v) is 16.5. The van der Waals surface area contributed by atoms with Crippen molar-refractivity contribution in [3.63, 3.8) is 0 Å². The number of nitrogens with zero attached hydrogens (tertiary/aromatic N) is 2. The summed E-state index contributed by atoms with van der Waals surface area (Å²) in [6, 6.07) is 83.5. The van der Waals surface area contributed by atoms with Gasteiger partial charge in [0.15, 0.2) is 0 Å². The molecular weight excluding hydrogens is 765 g/mol. The lowest BCUT2D eigenvalue weighted by Crippen LogP contribution is -2.10. The van der Waals surface area contributed by atoms with E-state index in [1.807, 2.05) is 12.1 Å². The summed E-state index contributed by atoms with van der Waals surface area (Å²) in [6.45, 7) is 0. The normalized spacial score (nSPS) is 11.8. The second-order valence-electron chi connectivity index (χ2n) is 16.5. The molecule has 0 aliphatic rings. The molecule has 0 atom stereocenters. The van der Waals surface area contributed by atoms with Crippen LogP contribution in [0.25, 0.3) is 104 Å². The Balaban J connectivity index is 0.942. The molecule has 0 bridgehead atoms. The molecule has 0 saturated carbocycles. The largest absolute Gasteiger partial charge is 0.455 e. The third-order valence-electron chi connectivity index (χ3n) is 12.9. The molecule has 0 N–H and O–H groups in total. The third kappa shape index (κ3) is 5.67. The summed E-state index contributed by atoms with van der Waals surface area (Å²) in [5, 5.41) is 11.9. The van der Waals surface area contributed by atoms with E-state index in [0.717, 1.165) is 55.5 Å². The number of hydrogen-bond donors (Lipinski definition) is 0. The van der Waals surface area contributed by atoms with E-state index in [-0.39, 0.29) is 0 Å². The maximum atomic E-state index is 6.47. The van der Waals surface area contributed by atoms with E-state index in [2.05, 4.69) is 228 Å². The molecule has 0 aliphatic heterocycles. The van der Waals surface area contributed by atoms with Gasteiger partial charge in [-0.05, 0) is 128 Å². The van der Waals surface area contributed by atoms with Gasteiger partial charge in [-0.3, -0.25) is 0 Å². The van der Waals surface area contributed by atoms with E-state index in [0.29, 0.717) is 0 Å². The lowest BCUT2D eigenvalue weighted by Gasteiger charge is -2.26. The highest BCUT2D eigenvalue weighted by molar-refractivity contribution is 6.16. The highest BCUT2D eigenvalue weighted by Crippen LogP contribution is 2.43. The number of rotatable bonds is 6. The predicted octanol–water partition coefficient (Wildman–Crippen LogP) is 16.9. The van der Waals surface area contributed by atoms with Gasteiger partial charge in [0.1, 0.15) is 11.2 Å². The molecular formula is C60H38N2O. The van der Waals surface area contributed by atoms with Crippen molar-refractivity contribution in [3.05, 3.63) is 231 Å². The molecule has 11 aromatic carbocycles. The average Bonchev–Trinajstić information content (AvgIpc) is 3.91. The SMILES string of the molecule is c1ccc(-c2ccccc2-c2ccc(N(c3ccc4c(ccc5cc(-n6c7ccccc7c7ccccc76)ccc54)c3)c3ccc4c(ccc5c6ccccc6oc45)c3)cc2)cc1. The molecule has 0 saturated heterocycles. The van der Waals surface area contributed by atoms with Crippen molar-refractivity contribution in [2.75, 3.05) is 4.90 Å². The second kappa shape index (κ2) is 14.1. The molecule has 13 aromatic rings. The first-order valence-corrected chi connectivity index (χ1v) is 21.6. The molecule has 2 heterocycles. The predicted molar refractivity (Wildman–Crippen MR) is 266 cm³/mol. The van der Waals surface area contributed by atoms with Crippen molar-refractivity contribution in [1.82, 2.24) is 4.57 Å². The number of furan rings is 1. The molecule has 3 nitrogen and oxygen atoms in total. The van der Waals surface area contributed by atoms with E-state index in [9.17, 15) is 0 Å². The van der Waals surface area contributed by atoms with Gasteiger partial charge in [0.25, 0.3) is 0 Å². The molecule has 63 heavy (non-hydrogen) atoms. The topological polar surface area (TPSA) is 21.3 Å². The minimum atomic E-state index is 0.909. The first-order chi connectivity index (χ1) is 31.2. The van der Waals surface area contributed by atoms with Gasteiger partial charge in [0, 0.05) is 49.7 Å². The van der Waals surface area contributed by atoms with Crippen molar-refractivity contribution >= 4 is 93.1 Å². The number of anilines is 3. The van der Waals surface area contributed by atoms with Crippen molar-refractivity contribution < 1.29 is 4.42 Å². The summed E-state index contributed by atoms with van der Waals surface area (Å²) in [7, 11) is 0. The Morgan fingerprint density at radius 3 is 1.51 bits per heavy atom.